The maximum Gasteiger partial charge on any atom is 0.414 e. The van der Waals surface area contributed by atoms with Crippen molar-refractivity contribution in [3.05, 3.63) is 238 Å². The number of piperazine rings is 2. The summed E-state index contributed by atoms with van der Waals surface area (Å²) in [5, 5.41) is 7.74. The van der Waals surface area contributed by atoms with Crippen molar-refractivity contribution in [2.75, 3.05) is 111 Å². The Balaban J connectivity index is 0.000000218. The van der Waals surface area contributed by atoms with Crippen LogP contribution in [-0.2, 0) is 75.2 Å². The molecule has 9 N–H and O–H groups in total. The molecule has 0 spiro atoms. The van der Waals surface area contributed by atoms with Crippen molar-refractivity contribution in [2.45, 2.75) is 122 Å². The van der Waals surface area contributed by atoms with Crippen LogP contribution in [0.3, 0.4) is 0 Å². The Bertz CT molecular complexity index is 5360. The lowest BCUT2D eigenvalue weighted by Gasteiger charge is -2.36. The number of halogens is 2. The lowest BCUT2D eigenvalue weighted by Crippen LogP contribution is -2.52. The summed E-state index contributed by atoms with van der Waals surface area (Å²) in [6, 6.07) is 50.6. The van der Waals surface area contributed by atoms with E-state index >= 15 is 8.78 Å². The topological polar surface area (TPSA) is 388 Å². The molecule has 4 heterocycles. The lowest BCUT2D eigenvalue weighted by molar-refractivity contribution is -0.155. The largest absolute Gasteiger partial charge is 0.459 e. The number of ketones is 4. The molecule has 0 radical (unpaired) electrons. The first kappa shape index (κ1) is 91.2. The fourth-order valence-electron chi connectivity index (χ4n) is 16.1. The first-order chi connectivity index (χ1) is 61.2. The van der Waals surface area contributed by atoms with E-state index in [1.165, 1.54) is 42.7 Å². The number of benzene rings is 8. The minimum absolute atomic E-state index is 0.00253. The van der Waals surface area contributed by atoms with E-state index in [1.807, 2.05) is 107 Å². The van der Waals surface area contributed by atoms with Crippen LogP contribution in [0.25, 0.3) is 22.3 Å². The number of fused-ring (bicyclic) bond motifs is 6. The Morgan fingerprint density at radius 2 is 0.803 bits per heavy atom. The normalized spacial score (nSPS) is 16.7. The Kier molecular flexibility index (Phi) is 30.2. The van der Waals surface area contributed by atoms with E-state index in [9.17, 15) is 62.3 Å². The quantitative estimate of drug-likeness (QED) is 0.00616. The molecule has 2 aliphatic carbocycles. The van der Waals surface area contributed by atoms with Gasteiger partial charge in [0.25, 0.3) is 11.6 Å². The van der Waals surface area contributed by atoms with Crippen molar-refractivity contribution in [3.63, 3.8) is 0 Å². The van der Waals surface area contributed by atoms with Gasteiger partial charge in [-0.3, -0.25) is 63.8 Å². The molecular formula is C94H102F2N14O17. The molecule has 0 bridgehead atoms. The van der Waals surface area contributed by atoms with Crippen molar-refractivity contribution >= 4 is 99.5 Å². The summed E-state index contributed by atoms with van der Waals surface area (Å²) in [7, 11) is 0. The Hall–Kier alpha value is -13.5. The average Bonchev–Trinajstić information content (AvgIpc) is 1.62. The Labute approximate surface area is 732 Å². The summed E-state index contributed by atoms with van der Waals surface area (Å²) >= 11 is 0. The minimum Gasteiger partial charge on any atom is -0.459 e. The van der Waals surface area contributed by atoms with Gasteiger partial charge >= 0.3 is 24.1 Å². The van der Waals surface area contributed by atoms with Crippen molar-refractivity contribution in [3.8, 4) is 22.3 Å². The molecule has 6 aliphatic rings. The maximum atomic E-state index is 15.3. The summed E-state index contributed by atoms with van der Waals surface area (Å²) in [5.74, 6) is -7.10. The number of nitrogens with zero attached hydrogens (tertiary/aromatic N) is 6. The third-order valence-corrected chi connectivity index (χ3v) is 23.3. The number of anilines is 4. The van der Waals surface area contributed by atoms with E-state index in [1.54, 1.807) is 96.4 Å². The van der Waals surface area contributed by atoms with Crippen molar-refractivity contribution in [1.82, 2.24) is 47.5 Å². The highest BCUT2D eigenvalue weighted by atomic mass is 19.1. The number of carbonyl (C=O) groups is 13. The summed E-state index contributed by atoms with van der Waals surface area (Å²) in [6.07, 6.45) is -2.04. The van der Waals surface area contributed by atoms with E-state index in [2.05, 4.69) is 37.7 Å². The number of hydrogen-bond acceptors (Lipinski definition) is 24. The molecule has 4 fully saturated rings. The highest BCUT2D eigenvalue weighted by Gasteiger charge is 2.38. The second-order valence-corrected chi connectivity index (χ2v) is 31.9. The van der Waals surface area contributed by atoms with Crippen molar-refractivity contribution in [1.29, 1.82) is 0 Å². The standard InChI is InChI=1S/C48H52FN7O9.C46H50FN7O8/c1-29(45(60)47(62)64-28-40-38-10-6-4-8-36(38)37-9-5-7-11-39(37)40)52-46(61)30(2)53-51-25-32-12-14-33(15-13-32)43(58)18-19-44(59)55-22-20-54(21-23-55)42-17-16-34(24-41(42)49)56-27-35(65-48(56)63)26-50-31(3)57;1-28(43(57)45(59)61-27-38-36-9-5-3-7-34(36)35-8-4-6-10-37(35)38)50-44(58)29(2)51-49-25-30-11-13-31(14-12-30)41(55)17-18-42(56)53-21-19-52(20-22-53)40-16-15-32(23-39(40)47)54-26-33(24-48)62-46(54)60/h4-17,24,29-30,35,40,51,53H,18-23,25-28H2,1-3H3,(H,50,57)(H,52,61);3-16,23,28-29,33,38,49,51H,17-22,24-27,48H2,1-2H3,(H,50,58)/t29-,30-,35-;28-,29-,33-/m00/s1. The first-order valence-electron chi connectivity index (χ1n) is 42.3. The van der Waals surface area contributed by atoms with Crippen LogP contribution in [0.2, 0.25) is 0 Å². The molecular weight excluding hydrogens is 1640 g/mol. The number of hydrazine groups is 2. The molecule has 0 unspecified atom stereocenters. The monoisotopic (exact) mass is 1740 g/mol. The fraction of sp³-hybridized carbons (Fsp3) is 0.351. The molecule has 4 saturated heterocycles. The van der Waals surface area contributed by atoms with Gasteiger partial charge in [-0.05, 0) is 120 Å². The summed E-state index contributed by atoms with van der Waals surface area (Å²) in [6.45, 7) is 11.8. The van der Waals surface area contributed by atoms with Crippen LogP contribution in [0.5, 0.6) is 0 Å². The number of Topliss-reactive ketones (excluding diaryl/α,β-unsaturated/α-hetero) is 4. The van der Waals surface area contributed by atoms with Gasteiger partial charge in [0.1, 0.15) is 37.1 Å². The number of cyclic esters (lactones) is 2. The third-order valence-electron chi connectivity index (χ3n) is 23.3. The molecule has 8 aromatic rings. The molecule has 33 heteroatoms. The molecule has 127 heavy (non-hydrogen) atoms. The Morgan fingerprint density at radius 3 is 1.15 bits per heavy atom. The van der Waals surface area contributed by atoms with Gasteiger partial charge in [0, 0.05) is 128 Å². The van der Waals surface area contributed by atoms with E-state index < -0.39 is 95.5 Å². The van der Waals surface area contributed by atoms with Crippen LogP contribution in [0, 0.1) is 11.6 Å². The van der Waals surface area contributed by atoms with Gasteiger partial charge in [-0.25, -0.2) is 38.8 Å². The number of esters is 2. The van der Waals surface area contributed by atoms with Crippen LogP contribution in [-0.4, -0.2) is 215 Å². The minimum atomic E-state index is -1.11. The molecule has 0 aromatic heterocycles. The molecule has 6 atom stereocenters. The average molecular weight is 1740 g/mol. The van der Waals surface area contributed by atoms with E-state index in [0.29, 0.717) is 99.3 Å². The van der Waals surface area contributed by atoms with Crippen LogP contribution in [0.4, 0.5) is 41.1 Å². The number of rotatable bonds is 35. The van der Waals surface area contributed by atoms with E-state index in [-0.39, 0.29) is 106 Å². The first-order valence-corrected chi connectivity index (χ1v) is 42.3. The van der Waals surface area contributed by atoms with Crippen molar-refractivity contribution in [2.24, 2.45) is 5.73 Å². The van der Waals surface area contributed by atoms with Gasteiger partial charge in [0.05, 0.1) is 66.6 Å². The zero-order chi connectivity index (χ0) is 90.1. The smallest absolute Gasteiger partial charge is 0.414 e. The van der Waals surface area contributed by atoms with Gasteiger partial charge in [-0.15, -0.1) is 0 Å². The molecule has 8 aromatic carbocycles. The second kappa shape index (κ2) is 42.0. The van der Waals surface area contributed by atoms with Gasteiger partial charge in [0.15, 0.2) is 11.6 Å². The van der Waals surface area contributed by atoms with E-state index in [4.69, 9.17) is 24.7 Å². The zero-order valence-electron chi connectivity index (χ0n) is 71.0. The maximum absolute atomic E-state index is 15.3. The zero-order valence-corrected chi connectivity index (χ0v) is 71.0. The fourth-order valence-corrected chi connectivity index (χ4v) is 16.1. The van der Waals surface area contributed by atoms with E-state index in [0.717, 1.165) is 55.6 Å². The van der Waals surface area contributed by atoms with Crippen molar-refractivity contribution < 1.29 is 90.1 Å². The highest BCUT2D eigenvalue weighted by molar-refractivity contribution is 6.36. The summed E-state index contributed by atoms with van der Waals surface area (Å²) < 4.78 is 51.8. The number of nitrogens with one attached hydrogen (secondary N) is 7. The number of ether oxygens (including phenoxy) is 4. The molecule has 7 amide bonds. The molecule has 4 aliphatic heterocycles. The van der Waals surface area contributed by atoms with Crippen LogP contribution < -0.4 is 63.0 Å². The third kappa shape index (κ3) is 22.4. The molecule has 14 rings (SSSR count). The van der Waals surface area contributed by atoms with Gasteiger partial charge in [0.2, 0.25) is 29.5 Å². The SMILES string of the molecule is CC(=O)NC[C@H]1CN(c2ccc(N3CCN(C(=O)CCC(=O)c4ccc(CNN[C@@H](C)C(=O)N[C@@H](C)C(=O)C(=O)OCC5c6ccccc6-c6ccccc65)cc4)CC3)c(F)c2)C(=O)O1.C[C@H](NNCc1ccc(C(=O)CCC(=O)N2CCN(c3ccc(N4C[C@H](CN)OC4=O)cc3F)CC2)cc1)C(=O)N[C@@H](C)C(=O)C(=O)OCC1c2ccccc2-c2ccccc21. The number of carbonyl (C=O) groups excluding carboxylic acids is 13. The highest BCUT2D eigenvalue weighted by Crippen LogP contribution is 2.46. The van der Waals surface area contributed by atoms with Gasteiger partial charge < -0.3 is 60.2 Å². The molecule has 31 nitrogen and oxygen atoms in total. The second-order valence-electron chi connectivity index (χ2n) is 31.9. The van der Waals surface area contributed by atoms with Crippen LogP contribution >= 0.6 is 0 Å². The number of amides is 7. The predicted molar refractivity (Wildman–Crippen MR) is 467 cm³/mol. The summed E-state index contributed by atoms with van der Waals surface area (Å²) in [4.78, 5) is 174. The van der Waals surface area contributed by atoms with Crippen LogP contribution in [0.1, 0.15) is 126 Å². The Morgan fingerprint density at radius 1 is 0.449 bits per heavy atom. The molecule has 0 saturated carbocycles. The molecule has 664 valence electrons. The van der Waals surface area contributed by atoms with Crippen LogP contribution in [0.15, 0.2) is 182 Å². The summed E-state index contributed by atoms with van der Waals surface area (Å²) in [5.41, 5.74) is 29.7. The van der Waals surface area contributed by atoms with Gasteiger partial charge in [-0.2, -0.15) is 0 Å². The number of hydrogen-bond donors (Lipinski definition) is 8. The lowest BCUT2D eigenvalue weighted by atomic mass is 9.98. The predicted octanol–water partition coefficient (Wildman–Crippen LogP) is 7.84. The number of nitrogens with two attached hydrogens (primary N) is 1. The van der Waals surface area contributed by atoms with Gasteiger partial charge in [-0.1, -0.05) is 146 Å².